The van der Waals surface area contributed by atoms with Crippen molar-refractivity contribution < 1.29 is 4.79 Å². The molecule has 0 spiro atoms. The molecule has 22 heavy (non-hydrogen) atoms. The highest BCUT2D eigenvalue weighted by atomic mass is 16.1. The minimum Gasteiger partial charge on any atom is -0.348 e. The lowest BCUT2D eigenvalue weighted by atomic mass is 10.1. The van der Waals surface area contributed by atoms with E-state index >= 15 is 0 Å². The number of carbonyl (C=O) groups is 1. The van der Waals surface area contributed by atoms with Crippen LogP contribution in [0.5, 0.6) is 0 Å². The molecule has 3 rings (SSSR count). The molecule has 1 aliphatic rings. The van der Waals surface area contributed by atoms with Gasteiger partial charge in [-0.2, -0.15) is 5.10 Å². The van der Waals surface area contributed by atoms with E-state index in [1.807, 2.05) is 48.1 Å². The minimum atomic E-state index is -0.0596. The van der Waals surface area contributed by atoms with Crippen LogP contribution < -0.4 is 10.6 Å². The van der Waals surface area contributed by atoms with Crippen LogP contribution in [0.4, 0.5) is 0 Å². The van der Waals surface area contributed by atoms with E-state index in [-0.39, 0.29) is 11.9 Å². The summed E-state index contributed by atoms with van der Waals surface area (Å²) >= 11 is 0. The summed E-state index contributed by atoms with van der Waals surface area (Å²) in [6.07, 6.45) is 6.25. The lowest BCUT2D eigenvalue weighted by Gasteiger charge is -2.18. The lowest BCUT2D eigenvalue weighted by Crippen LogP contribution is -2.36. The van der Waals surface area contributed by atoms with E-state index in [9.17, 15) is 4.79 Å². The number of amides is 1. The van der Waals surface area contributed by atoms with E-state index in [1.54, 1.807) is 6.20 Å². The fourth-order valence-corrected chi connectivity index (χ4v) is 2.56. The maximum Gasteiger partial charge on any atom is 0.234 e. The molecule has 5 heteroatoms. The molecule has 1 heterocycles. The van der Waals surface area contributed by atoms with Crippen LogP contribution in [-0.2, 0) is 4.79 Å². The molecule has 5 nitrogen and oxygen atoms in total. The van der Waals surface area contributed by atoms with E-state index in [4.69, 9.17) is 0 Å². The Balaban J connectivity index is 1.61. The largest absolute Gasteiger partial charge is 0.348 e. The van der Waals surface area contributed by atoms with Crippen molar-refractivity contribution in [1.82, 2.24) is 20.4 Å². The van der Waals surface area contributed by atoms with Crippen LogP contribution >= 0.6 is 0 Å². The predicted molar refractivity (Wildman–Crippen MR) is 85.7 cm³/mol. The van der Waals surface area contributed by atoms with Gasteiger partial charge in [-0.3, -0.25) is 4.79 Å². The Kier molecular flexibility index (Phi) is 4.53. The summed E-state index contributed by atoms with van der Waals surface area (Å²) in [6, 6.07) is 9.83. The second kappa shape index (κ2) is 6.75. The van der Waals surface area contributed by atoms with E-state index in [1.165, 1.54) is 12.8 Å². The van der Waals surface area contributed by atoms with Gasteiger partial charge in [0.25, 0.3) is 0 Å². The van der Waals surface area contributed by atoms with Crippen molar-refractivity contribution in [3.8, 4) is 5.69 Å². The molecule has 1 aromatic carbocycles. The molecule has 1 fully saturated rings. The van der Waals surface area contributed by atoms with Gasteiger partial charge in [0, 0.05) is 12.4 Å². The number of carbonyl (C=O) groups excluding carboxylic acids is 1. The van der Waals surface area contributed by atoms with Crippen LogP contribution in [0.1, 0.15) is 31.4 Å². The Labute approximate surface area is 130 Å². The summed E-state index contributed by atoms with van der Waals surface area (Å²) in [6.45, 7) is 3.33. The van der Waals surface area contributed by atoms with Gasteiger partial charge in [-0.05, 0) is 49.9 Å². The summed E-state index contributed by atoms with van der Waals surface area (Å²) in [5.74, 6) is 0.814. The van der Waals surface area contributed by atoms with Crippen molar-refractivity contribution in [3.63, 3.8) is 0 Å². The molecule has 1 unspecified atom stereocenters. The van der Waals surface area contributed by atoms with Gasteiger partial charge < -0.3 is 10.6 Å². The molecule has 0 radical (unpaired) electrons. The zero-order valence-corrected chi connectivity index (χ0v) is 12.8. The molecule has 2 aromatic rings. The Morgan fingerprint density at radius 3 is 2.91 bits per heavy atom. The number of nitrogens with one attached hydrogen (secondary N) is 2. The van der Waals surface area contributed by atoms with Crippen molar-refractivity contribution in [2.45, 2.75) is 25.8 Å². The second-order valence-corrected chi connectivity index (χ2v) is 5.87. The lowest BCUT2D eigenvalue weighted by molar-refractivity contribution is -0.120. The molecule has 0 bridgehead atoms. The van der Waals surface area contributed by atoms with Gasteiger partial charge >= 0.3 is 0 Å². The monoisotopic (exact) mass is 298 g/mol. The van der Waals surface area contributed by atoms with Gasteiger partial charge in [0.15, 0.2) is 0 Å². The highest BCUT2D eigenvalue weighted by Crippen LogP contribution is 2.27. The first kappa shape index (κ1) is 14.8. The fourth-order valence-electron chi connectivity index (χ4n) is 2.56. The number of nitrogens with zero attached hydrogens (tertiary/aromatic N) is 2. The molecule has 116 valence electrons. The number of aromatic nitrogens is 2. The Morgan fingerprint density at radius 1 is 1.36 bits per heavy atom. The van der Waals surface area contributed by atoms with E-state index in [2.05, 4.69) is 15.7 Å². The number of benzene rings is 1. The van der Waals surface area contributed by atoms with Crippen LogP contribution in [-0.4, -0.2) is 28.8 Å². The van der Waals surface area contributed by atoms with Gasteiger partial charge in [-0.15, -0.1) is 0 Å². The van der Waals surface area contributed by atoms with Gasteiger partial charge in [-0.1, -0.05) is 18.2 Å². The average molecular weight is 298 g/mol. The van der Waals surface area contributed by atoms with Crippen molar-refractivity contribution in [2.75, 3.05) is 13.1 Å². The number of para-hydroxylation sites is 1. The van der Waals surface area contributed by atoms with E-state index in [0.717, 1.165) is 23.7 Å². The summed E-state index contributed by atoms with van der Waals surface area (Å²) in [5, 5.41) is 10.5. The third-order valence-corrected chi connectivity index (χ3v) is 3.95. The maximum atomic E-state index is 12.0. The topological polar surface area (TPSA) is 59.0 Å². The molecule has 0 saturated heterocycles. The van der Waals surface area contributed by atoms with Crippen LogP contribution in [0.3, 0.4) is 0 Å². The first-order valence-corrected chi connectivity index (χ1v) is 7.83. The summed E-state index contributed by atoms with van der Waals surface area (Å²) in [5.41, 5.74) is 2.05. The molecule has 1 aromatic heterocycles. The average Bonchev–Trinajstić information content (AvgIpc) is 3.18. The molecular weight excluding hydrogens is 276 g/mol. The maximum absolute atomic E-state index is 12.0. The zero-order valence-electron chi connectivity index (χ0n) is 12.8. The highest BCUT2D eigenvalue weighted by molar-refractivity contribution is 5.78. The smallest absolute Gasteiger partial charge is 0.234 e. The minimum absolute atomic E-state index is 0.0309. The Morgan fingerprint density at radius 2 is 2.18 bits per heavy atom. The Hall–Kier alpha value is -2.14. The van der Waals surface area contributed by atoms with Crippen LogP contribution in [0, 0.1) is 5.92 Å². The zero-order chi connectivity index (χ0) is 15.4. The fraction of sp³-hybridized carbons (Fsp3) is 0.412. The SMILES string of the molecule is CC(NC(=O)CNCC1CC1)c1ccccc1-n1cccn1. The van der Waals surface area contributed by atoms with Crippen LogP contribution in [0.2, 0.25) is 0 Å². The molecule has 1 atom stereocenters. The molecule has 1 saturated carbocycles. The van der Waals surface area contributed by atoms with Gasteiger partial charge in [0.05, 0.1) is 18.3 Å². The van der Waals surface area contributed by atoms with Gasteiger partial charge in [0.1, 0.15) is 0 Å². The highest BCUT2D eigenvalue weighted by Gasteiger charge is 2.21. The second-order valence-electron chi connectivity index (χ2n) is 5.87. The van der Waals surface area contributed by atoms with Crippen LogP contribution in [0.15, 0.2) is 42.7 Å². The first-order chi connectivity index (χ1) is 10.7. The van der Waals surface area contributed by atoms with Crippen molar-refractivity contribution in [2.24, 2.45) is 5.92 Å². The number of hydrogen-bond acceptors (Lipinski definition) is 3. The molecule has 2 N–H and O–H groups in total. The quantitative estimate of drug-likeness (QED) is 0.822. The van der Waals surface area contributed by atoms with Crippen molar-refractivity contribution >= 4 is 5.91 Å². The third kappa shape index (κ3) is 3.74. The summed E-state index contributed by atoms with van der Waals surface area (Å²) < 4.78 is 1.82. The first-order valence-electron chi connectivity index (χ1n) is 7.83. The third-order valence-electron chi connectivity index (χ3n) is 3.95. The molecule has 1 aliphatic carbocycles. The standard InChI is InChI=1S/C17H22N4O/c1-13(20-17(22)12-18-11-14-7-8-14)15-5-2-3-6-16(15)21-10-4-9-19-21/h2-6,9-10,13-14,18H,7-8,11-12H2,1H3,(H,20,22). The van der Waals surface area contributed by atoms with E-state index in [0.29, 0.717) is 6.54 Å². The molecule has 0 aliphatic heterocycles. The number of hydrogen-bond donors (Lipinski definition) is 2. The molecule has 1 amide bonds. The van der Waals surface area contributed by atoms with Gasteiger partial charge in [-0.25, -0.2) is 4.68 Å². The summed E-state index contributed by atoms with van der Waals surface area (Å²) in [7, 11) is 0. The Bertz CT molecular complexity index is 619. The van der Waals surface area contributed by atoms with E-state index < -0.39 is 0 Å². The normalized spacial score (nSPS) is 15.5. The molecular formula is C17H22N4O. The van der Waals surface area contributed by atoms with Crippen molar-refractivity contribution in [1.29, 1.82) is 0 Å². The van der Waals surface area contributed by atoms with Crippen molar-refractivity contribution in [3.05, 3.63) is 48.3 Å². The van der Waals surface area contributed by atoms with Crippen LogP contribution in [0.25, 0.3) is 5.69 Å². The predicted octanol–water partition coefficient (Wildman–Crippen LogP) is 2.05. The number of rotatable bonds is 7. The van der Waals surface area contributed by atoms with Gasteiger partial charge in [0.2, 0.25) is 5.91 Å². The summed E-state index contributed by atoms with van der Waals surface area (Å²) in [4.78, 5) is 12.0.